The molecule has 0 bridgehead atoms. The Morgan fingerprint density at radius 1 is 1.32 bits per heavy atom. The largest absolute Gasteiger partial charge is 0.490 e. The average Bonchev–Trinajstić information content (AvgIpc) is 3.24. The number of carbonyl (C=O) groups excluding carboxylic acids is 1. The van der Waals surface area contributed by atoms with Gasteiger partial charge in [0, 0.05) is 36.3 Å². The fourth-order valence-corrected chi connectivity index (χ4v) is 5.86. The number of thioether (sulfide) groups is 1. The van der Waals surface area contributed by atoms with Crippen LogP contribution in [0.3, 0.4) is 0 Å². The highest BCUT2D eigenvalue weighted by molar-refractivity contribution is 8.01. The summed E-state index contributed by atoms with van der Waals surface area (Å²) < 4.78 is 37.9. The van der Waals surface area contributed by atoms with Gasteiger partial charge in [-0.1, -0.05) is 0 Å². The van der Waals surface area contributed by atoms with Crippen molar-refractivity contribution in [3.05, 3.63) is 45.9 Å². The molecule has 2 fully saturated rings. The lowest BCUT2D eigenvalue weighted by molar-refractivity contribution is -0.192. The number of amides is 1. The van der Waals surface area contributed by atoms with Crippen molar-refractivity contribution in [2.24, 2.45) is 0 Å². The van der Waals surface area contributed by atoms with Crippen LogP contribution in [-0.4, -0.2) is 62.7 Å². The number of rotatable bonds is 3. The second-order valence-electron chi connectivity index (χ2n) is 7.44. The number of likely N-dealkylation sites (tertiary alicyclic amines) is 1. The van der Waals surface area contributed by atoms with E-state index in [1.807, 2.05) is 34.9 Å². The van der Waals surface area contributed by atoms with Gasteiger partial charge in [0.2, 0.25) is 0 Å². The van der Waals surface area contributed by atoms with Gasteiger partial charge in [0.15, 0.2) is 0 Å². The molecule has 1 spiro atoms. The van der Waals surface area contributed by atoms with Crippen molar-refractivity contribution in [3.8, 4) is 5.75 Å². The Bertz CT molecular complexity index is 924. The molecule has 1 atom stereocenters. The van der Waals surface area contributed by atoms with Crippen LogP contribution in [0.25, 0.3) is 0 Å². The minimum Gasteiger partial charge on any atom is -0.488 e. The fraction of sp³-hybridized carbons (Fsp3) is 0.450. The highest BCUT2D eigenvalue weighted by Gasteiger charge is 2.51. The summed E-state index contributed by atoms with van der Waals surface area (Å²) >= 11 is 3.55. The minimum absolute atomic E-state index is 0.180. The average molecular weight is 475 g/mol. The number of hydrogen-bond donors (Lipinski definition) is 1. The predicted octanol–water partition coefficient (Wildman–Crippen LogP) is 4.17. The molecule has 0 saturated carbocycles. The van der Waals surface area contributed by atoms with Crippen molar-refractivity contribution in [2.75, 3.05) is 18.8 Å². The molecule has 0 radical (unpaired) electrons. The van der Waals surface area contributed by atoms with Gasteiger partial charge in [0.25, 0.3) is 5.91 Å². The number of hydrogen-bond acceptors (Lipinski definition) is 6. The standard InChI is InChI=1S/C18H20N2O2S2.C2HF3O2/c1-12-6-16(24-13(12)2)17(21)20-10-18(11-20)7-15(9-23-18)22-14-4-3-5-19-8-14;3-2(4,5)1(6)7/h3-6,8,15H,7,9-11H2,1-2H3;(H,6,7). The van der Waals surface area contributed by atoms with Gasteiger partial charge in [-0.3, -0.25) is 9.78 Å². The first-order valence-corrected chi connectivity index (χ1v) is 11.2. The number of alkyl halides is 3. The molecule has 2 aromatic heterocycles. The maximum absolute atomic E-state index is 12.6. The van der Waals surface area contributed by atoms with Crippen LogP contribution in [0.15, 0.2) is 30.6 Å². The second kappa shape index (κ2) is 9.07. The molecule has 1 unspecified atom stereocenters. The van der Waals surface area contributed by atoms with E-state index in [0.717, 1.165) is 35.9 Å². The van der Waals surface area contributed by atoms with Gasteiger partial charge in [-0.2, -0.15) is 13.2 Å². The molecule has 1 N–H and O–H groups in total. The zero-order valence-electron chi connectivity index (χ0n) is 16.8. The number of thiophene rings is 1. The number of ether oxygens (including phenoxy) is 1. The molecule has 11 heteroatoms. The molecule has 1 amide bonds. The Morgan fingerprint density at radius 3 is 2.52 bits per heavy atom. The molecule has 31 heavy (non-hydrogen) atoms. The zero-order valence-corrected chi connectivity index (χ0v) is 18.4. The van der Waals surface area contributed by atoms with E-state index in [9.17, 15) is 18.0 Å². The lowest BCUT2D eigenvalue weighted by atomic mass is 9.92. The van der Waals surface area contributed by atoms with Crippen molar-refractivity contribution < 1.29 is 32.6 Å². The maximum atomic E-state index is 12.6. The van der Waals surface area contributed by atoms with Gasteiger partial charge in [-0.25, -0.2) is 4.79 Å². The summed E-state index contributed by atoms with van der Waals surface area (Å²) in [6.45, 7) is 5.80. The molecule has 2 saturated heterocycles. The number of carboxylic acid groups (broad SMARTS) is 1. The van der Waals surface area contributed by atoms with Crippen LogP contribution >= 0.6 is 23.1 Å². The van der Waals surface area contributed by atoms with Gasteiger partial charge < -0.3 is 14.7 Å². The molecular formula is C20H21F3N2O4S2. The van der Waals surface area contributed by atoms with Crippen molar-refractivity contribution in [1.82, 2.24) is 9.88 Å². The number of halogens is 3. The molecule has 2 aliphatic heterocycles. The monoisotopic (exact) mass is 474 g/mol. The van der Waals surface area contributed by atoms with Crippen molar-refractivity contribution in [1.29, 1.82) is 0 Å². The lowest BCUT2D eigenvalue weighted by Crippen LogP contribution is -2.60. The van der Waals surface area contributed by atoms with E-state index in [4.69, 9.17) is 14.6 Å². The number of carbonyl (C=O) groups is 2. The van der Waals surface area contributed by atoms with E-state index < -0.39 is 12.1 Å². The maximum Gasteiger partial charge on any atom is 0.490 e. The number of carboxylic acids is 1. The van der Waals surface area contributed by atoms with Crippen LogP contribution in [0, 0.1) is 13.8 Å². The van der Waals surface area contributed by atoms with Crippen molar-refractivity contribution in [2.45, 2.75) is 37.3 Å². The number of aryl methyl sites for hydroxylation is 2. The summed E-state index contributed by atoms with van der Waals surface area (Å²) in [5.74, 6) is -0.766. The Morgan fingerprint density at radius 2 is 2.00 bits per heavy atom. The number of pyridine rings is 1. The third kappa shape index (κ3) is 5.70. The summed E-state index contributed by atoms with van der Waals surface area (Å²) in [5, 5.41) is 7.12. The topological polar surface area (TPSA) is 79.7 Å². The van der Waals surface area contributed by atoms with Gasteiger partial charge in [0.05, 0.1) is 15.8 Å². The van der Waals surface area contributed by atoms with E-state index >= 15 is 0 Å². The summed E-state index contributed by atoms with van der Waals surface area (Å²) in [5.41, 5.74) is 1.21. The van der Waals surface area contributed by atoms with Gasteiger partial charge in [-0.15, -0.1) is 23.1 Å². The molecule has 0 aliphatic carbocycles. The second-order valence-corrected chi connectivity index (χ2v) is 10.2. The molecule has 2 aromatic rings. The van der Waals surface area contributed by atoms with E-state index in [1.54, 1.807) is 23.7 Å². The minimum atomic E-state index is -5.08. The van der Waals surface area contributed by atoms with Crippen LogP contribution in [-0.2, 0) is 4.79 Å². The third-order valence-electron chi connectivity index (χ3n) is 4.98. The molecule has 168 valence electrons. The number of aliphatic carboxylic acids is 1. The van der Waals surface area contributed by atoms with Gasteiger partial charge in [-0.05, 0) is 37.6 Å². The van der Waals surface area contributed by atoms with E-state index in [1.165, 1.54) is 10.4 Å². The Balaban J connectivity index is 0.000000339. The van der Waals surface area contributed by atoms with E-state index in [2.05, 4.69) is 18.8 Å². The van der Waals surface area contributed by atoms with Gasteiger partial charge in [0.1, 0.15) is 11.9 Å². The highest BCUT2D eigenvalue weighted by atomic mass is 32.2. The first-order valence-electron chi connectivity index (χ1n) is 9.36. The third-order valence-corrected chi connectivity index (χ3v) is 7.69. The lowest BCUT2D eigenvalue weighted by Gasteiger charge is -2.47. The van der Waals surface area contributed by atoms with Crippen LogP contribution in [0.5, 0.6) is 5.75 Å². The summed E-state index contributed by atoms with van der Waals surface area (Å²) in [6.07, 6.45) is -0.365. The molecule has 4 rings (SSSR count). The predicted molar refractivity (Wildman–Crippen MR) is 112 cm³/mol. The molecule has 0 aromatic carbocycles. The Labute approximate surface area is 185 Å². The quantitative estimate of drug-likeness (QED) is 0.719. The van der Waals surface area contributed by atoms with Crippen molar-refractivity contribution in [3.63, 3.8) is 0 Å². The summed E-state index contributed by atoms with van der Waals surface area (Å²) in [7, 11) is 0. The number of aromatic nitrogens is 1. The summed E-state index contributed by atoms with van der Waals surface area (Å²) in [4.78, 5) is 29.7. The van der Waals surface area contributed by atoms with Crippen molar-refractivity contribution >= 4 is 35.0 Å². The van der Waals surface area contributed by atoms with Crippen LogP contribution in [0.4, 0.5) is 13.2 Å². The zero-order chi connectivity index (χ0) is 22.8. The summed E-state index contributed by atoms with van der Waals surface area (Å²) in [6, 6.07) is 5.85. The van der Waals surface area contributed by atoms with Crippen LogP contribution in [0.1, 0.15) is 26.5 Å². The molecule has 2 aliphatic rings. The molecule has 4 heterocycles. The van der Waals surface area contributed by atoms with Gasteiger partial charge >= 0.3 is 12.1 Å². The first-order chi connectivity index (χ1) is 14.5. The van der Waals surface area contributed by atoms with E-state index in [0.29, 0.717) is 0 Å². The molecular weight excluding hydrogens is 453 g/mol. The molecule has 6 nitrogen and oxygen atoms in total. The smallest absolute Gasteiger partial charge is 0.488 e. The normalized spacial score (nSPS) is 19.4. The Kier molecular flexibility index (Phi) is 6.85. The first kappa shape index (κ1) is 23.4. The highest BCUT2D eigenvalue weighted by Crippen LogP contribution is 2.46. The van der Waals surface area contributed by atoms with Crippen LogP contribution < -0.4 is 4.74 Å². The SMILES string of the molecule is Cc1cc(C(=O)N2CC3(CC(Oc4cccnc4)CS3)C2)sc1C.O=C(O)C(F)(F)F. The fourth-order valence-electron chi connectivity index (χ4n) is 3.34. The Hall–Kier alpha value is -2.27. The number of nitrogens with zero attached hydrogens (tertiary/aromatic N) is 2. The van der Waals surface area contributed by atoms with Crippen LogP contribution in [0.2, 0.25) is 0 Å². The van der Waals surface area contributed by atoms with E-state index in [-0.39, 0.29) is 16.8 Å².